The molecule has 1 aliphatic carbocycles. The predicted octanol–water partition coefficient (Wildman–Crippen LogP) is 2.04. The van der Waals surface area contributed by atoms with E-state index in [1.54, 1.807) is 0 Å². The Kier molecular flexibility index (Phi) is 3.24. The Labute approximate surface area is 103 Å². The third kappa shape index (κ3) is 2.42. The van der Waals surface area contributed by atoms with Gasteiger partial charge in [-0.3, -0.25) is 0 Å². The summed E-state index contributed by atoms with van der Waals surface area (Å²) in [5.74, 6) is 0.638. The van der Waals surface area contributed by atoms with E-state index in [2.05, 4.69) is 6.08 Å². The lowest BCUT2D eigenvalue weighted by Crippen LogP contribution is -2.44. The van der Waals surface area contributed by atoms with Gasteiger partial charge in [0.05, 0.1) is 11.7 Å². The van der Waals surface area contributed by atoms with Gasteiger partial charge in [-0.1, -0.05) is 11.6 Å². The smallest absolute Gasteiger partial charge is 0.0732 e. The maximum atomic E-state index is 9.60. The molecule has 3 nitrogen and oxygen atoms in total. The van der Waals surface area contributed by atoms with Crippen LogP contribution in [-0.4, -0.2) is 36.6 Å². The molecule has 2 atom stereocenters. The fraction of sp³-hybridized carbons (Fsp3) is 0.857. The minimum absolute atomic E-state index is 0.0789. The molecule has 2 fully saturated rings. The van der Waals surface area contributed by atoms with E-state index in [-0.39, 0.29) is 11.7 Å². The molecule has 1 spiro atoms. The van der Waals surface area contributed by atoms with Crippen molar-refractivity contribution < 1.29 is 14.6 Å². The first-order chi connectivity index (χ1) is 8.27. The van der Waals surface area contributed by atoms with Crippen molar-refractivity contribution in [2.75, 3.05) is 19.8 Å². The number of hydrogen-bond donors (Lipinski definition) is 1. The average Bonchev–Trinajstić information content (AvgIpc) is 2.77. The third-order valence-corrected chi connectivity index (χ3v) is 4.56. The fourth-order valence-corrected chi connectivity index (χ4v) is 3.50. The van der Waals surface area contributed by atoms with E-state index in [9.17, 15) is 5.11 Å². The van der Waals surface area contributed by atoms with E-state index < -0.39 is 0 Å². The monoisotopic (exact) mass is 238 g/mol. The second kappa shape index (κ2) is 4.71. The first-order valence-corrected chi connectivity index (χ1v) is 6.88. The molecular formula is C14H22O3. The van der Waals surface area contributed by atoms with Gasteiger partial charge in [0.2, 0.25) is 0 Å². The van der Waals surface area contributed by atoms with Crippen molar-refractivity contribution in [1.29, 1.82) is 0 Å². The Balaban J connectivity index is 1.69. The summed E-state index contributed by atoms with van der Waals surface area (Å²) >= 11 is 0. The van der Waals surface area contributed by atoms with E-state index in [0.717, 1.165) is 58.3 Å². The Morgan fingerprint density at radius 1 is 1.18 bits per heavy atom. The zero-order chi connectivity index (χ0) is 11.7. The number of ether oxygens (including phenoxy) is 2. The standard InChI is InChI=1S/C14H22O3/c15-13-2-1-11(9-13)12-3-6-17-14(10-12)4-7-16-8-5-14/h9,12-13,15H,1-8,10H2. The van der Waals surface area contributed by atoms with Gasteiger partial charge in [-0.25, -0.2) is 0 Å². The first-order valence-electron chi connectivity index (χ1n) is 6.88. The molecule has 1 N–H and O–H groups in total. The zero-order valence-corrected chi connectivity index (χ0v) is 10.4. The Hall–Kier alpha value is -0.380. The second-order valence-corrected chi connectivity index (χ2v) is 5.68. The van der Waals surface area contributed by atoms with E-state index in [1.165, 1.54) is 5.57 Å². The zero-order valence-electron chi connectivity index (χ0n) is 10.4. The van der Waals surface area contributed by atoms with Crippen LogP contribution >= 0.6 is 0 Å². The van der Waals surface area contributed by atoms with Crippen LogP contribution in [0.25, 0.3) is 0 Å². The molecule has 2 aliphatic heterocycles. The highest BCUT2D eigenvalue weighted by atomic mass is 16.5. The van der Waals surface area contributed by atoms with Crippen LogP contribution in [0.3, 0.4) is 0 Å². The highest BCUT2D eigenvalue weighted by Crippen LogP contribution is 2.42. The van der Waals surface area contributed by atoms with Crippen LogP contribution in [0.4, 0.5) is 0 Å². The van der Waals surface area contributed by atoms with Gasteiger partial charge in [0.25, 0.3) is 0 Å². The SMILES string of the molecule is OC1C=C(C2CCOC3(CCOCC3)C2)CC1. The lowest BCUT2D eigenvalue weighted by atomic mass is 9.77. The molecule has 17 heavy (non-hydrogen) atoms. The van der Waals surface area contributed by atoms with Gasteiger partial charge in [0.15, 0.2) is 0 Å². The maximum absolute atomic E-state index is 9.60. The number of allylic oxidation sites excluding steroid dienone is 1. The molecule has 96 valence electrons. The predicted molar refractivity (Wildman–Crippen MR) is 64.8 cm³/mol. The van der Waals surface area contributed by atoms with Crippen LogP contribution in [0.2, 0.25) is 0 Å². The number of rotatable bonds is 1. The van der Waals surface area contributed by atoms with Crippen LogP contribution in [0.15, 0.2) is 11.6 Å². The lowest BCUT2D eigenvalue weighted by Gasteiger charge is -2.43. The number of hydrogen-bond acceptors (Lipinski definition) is 3. The Morgan fingerprint density at radius 3 is 2.71 bits per heavy atom. The van der Waals surface area contributed by atoms with Gasteiger partial charge in [0.1, 0.15) is 0 Å². The summed E-state index contributed by atoms with van der Waals surface area (Å²) in [4.78, 5) is 0. The quantitative estimate of drug-likeness (QED) is 0.711. The van der Waals surface area contributed by atoms with Crippen molar-refractivity contribution in [2.24, 2.45) is 5.92 Å². The summed E-state index contributed by atoms with van der Waals surface area (Å²) in [6, 6.07) is 0. The normalized spacial score (nSPS) is 37.1. The van der Waals surface area contributed by atoms with E-state index in [0.29, 0.717) is 5.92 Å². The highest BCUT2D eigenvalue weighted by molar-refractivity contribution is 5.17. The number of aliphatic hydroxyl groups excluding tert-OH is 1. The summed E-state index contributed by atoms with van der Waals surface area (Å²) in [7, 11) is 0. The van der Waals surface area contributed by atoms with Gasteiger partial charge < -0.3 is 14.6 Å². The summed E-state index contributed by atoms with van der Waals surface area (Å²) in [5.41, 5.74) is 1.56. The second-order valence-electron chi connectivity index (χ2n) is 5.68. The molecule has 2 heterocycles. The van der Waals surface area contributed by atoms with Crippen molar-refractivity contribution in [2.45, 2.75) is 50.2 Å². The topological polar surface area (TPSA) is 38.7 Å². The van der Waals surface area contributed by atoms with Crippen molar-refractivity contribution in [3.8, 4) is 0 Å². The van der Waals surface area contributed by atoms with Crippen molar-refractivity contribution >= 4 is 0 Å². The van der Waals surface area contributed by atoms with E-state index in [4.69, 9.17) is 9.47 Å². The van der Waals surface area contributed by atoms with Gasteiger partial charge in [-0.15, -0.1) is 0 Å². The molecule has 2 saturated heterocycles. The van der Waals surface area contributed by atoms with Gasteiger partial charge >= 0.3 is 0 Å². The molecule has 3 aliphatic rings. The molecule has 0 bridgehead atoms. The van der Waals surface area contributed by atoms with Crippen LogP contribution in [0, 0.1) is 5.92 Å². The van der Waals surface area contributed by atoms with Gasteiger partial charge in [-0.05, 0) is 44.4 Å². The molecule has 0 aromatic heterocycles. The fourth-order valence-electron chi connectivity index (χ4n) is 3.50. The Morgan fingerprint density at radius 2 is 2.00 bits per heavy atom. The van der Waals surface area contributed by atoms with Crippen molar-refractivity contribution in [1.82, 2.24) is 0 Å². The van der Waals surface area contributed by atoms with Crippen LogP contribution < -0.4 is 0 Å². The maximum Gasteiger partial charge on any atom is 0.0732 e. The first kappa shape index (κ1) is 11.7. The van der Waals surface area contributed by atoms with Crippen molar-refractivity contribution in [3.05, 3.63) is 11.6 Å². The van der Waals surface area contributed by atoms with E-state index in [1.807, 2.05) is 0 Å². The van der Waals surface area contributed by atoms with Gasteiger partial charge in [-0.2, -0.15) is 0 Å². The third-order valence-electron chi connectivity index (χ3n) is 4.56. The minimum Gasteiger partial charge on any atom is -0.389 e. The van der Waals surface area contributed by atoms with Crippen LogP contribution in [0.5, 0.6) is 0 Å². The largest absolute Gasteiger partial charge is 0.389 e. The molecule has 0 aromatic rings. The molecule has 0 amide bonds. The van der Waals surface area contributed by atoms with E-state index >= 15 is 0 Å². The Bertz CT molecular complexity index is 299. The molecule has 3 heteroatoms. The number of aliphatic hydroxyl groups is 1. The van der Waals surface area contributed by atoms with Gasteiger partial charge in [0, 0.05) is 19.8 Å². The summed E-state index contributed by atoms with van der Waals surface area (Å²) in [6.45, 7) is 2.56. The summed E-state index contributed by atoms with van der Waals surface area (Å²) < 4.78 is 11.5. The molecule has 0 radical (unpaired) electrons. The summed E-state index contributed by atoms with van der Waals surface area (Å²) in [6.07, 6.45) is 8.23. The highest BCUT2D eigenvalue weighted by Gasteiger charge is 2.40. The minimum atomic E-state index is -0.196. The van der Waals surface area contributed by atoms with Crippen LogP contribution in [-0.2, 0) is 9.47 Å². The lowest BCUT2D eigenvalue weighted by molar-refractivity contribution is -0.143. The molecule has 0 saturated carbocycles. The van der Waals surface area contributed by atoms with Crippen LogP contribution in [0.1, 0.15) is 38.5 Å². The molecule has 3 rings (SSSR count). The molecule has 0 aromatic carbocycles. The average molecular weight is 238 g/mol. The molecule has 2 unspecified atom stereocenters. The summed E-state index contributed by atoms with van der Waals surface area (Å²) in [5, 5.41) is 9.60. The van der Waals surface area contributed by atoms with Crippen molar-refractivity contribution in [3.63, 3.8) is 0 Å². The molecular weight excluding hydrogens is 216 g/mol.